The summed E-state index contributed by atoms with van der Waals surface area (Å²) in [6.45, 7) is 0. The Balaban J connectivity index is 0. The molecule has 0 atom stereocenters. The van der Waals surface area contributed by atoms with Crippen molar-refractivity contribution in [1.29, 1.82) is 0 Å². The van der Waals surface area contributed by atoms with E-state index in [1.54, 1.807) is 0 Å². The highest BCUT2D eigenvalue weighted by atomic mass is 127. The third kappa shape index (κ3) is 106. The van der Waals surface area contributed by atoms with Crippen molar-refractivity contribution in [3.05, 3.63) is 0 Å². The first-order valence-corrected chi connectivity index (χ1v) is 0. The van der Waals surface area contributed by atoms with Crippen LogP contribution in [0.3, 0.4) is 0 Å². The van der Waals surface area contributed by atoms with Crippen LogP contribution in [0.5, 0.6) is 0 Å². The molecule has 40 valence electrons. The van der Waals surface area contributed by atoms with Crippen molar-refractivity contribution in [3.8, 4) is 0 Å². The van der Waals surface area contributed by atoms with E-state index in [0.717, 1.165) is 0 Å². The van der Waals surface area contributed by atoms with Crippen molar-refractivity contribution < 1.29 is 14.1 Å². The molecule has 0 aliphatic heterocycles. The summed E-state index contributed by atoms with van der Waals surface area (Å²) >= 11 is 0. The van der Waals surface area contributed by atoms with Crippen molar-refractivity contribution >= 4 is 24.0 Å². The van der Waals surface area contributed by atoms with E-state index in [0.29, 0.717) is 0 Å². The Labute approximate surface area is 46.1 Å². The van der Waals surface area contributed by atoms with E-state index in [2.05, 4.69) is 0 Å². The Morgan fingerprint density at radius 2 is 0.600 bits per heavy atom. The fourth-order valence-corrected chi connectivity index (χ4v) is 0. The molecule has 0 rings (SSSR count). The van der Waals surface area contributed by atoms with E-state index in [9.17, 15) is 0 Å². The molecule has 4 heteroatoms. The van der Waals surface area contributed by atoms with E-state index >= 15 is 0 Å². The summed E-state index contributed by atoms with van der Waals surface area (Å²) < 4.78 is 0. The third-order valence-electron chi connectivity index (χ3n) is 0. The van der Waals surface area contributed by atoms with Gasteiger partial charge >= 0.3 is 0 Å². The second-order valence-electron chi connectivity index (χ2n) is 0. The van der Waals surface area contributed by atoms with Crippen molar-refractivity contribution in [2.45, 2.75) is 7.43 Å². The predicted molar refractivity (Wildman–Crippen MR) is 29.7 cm³/mol. The van der Waals surface area contributed by atoms with Gasteiger partial charge in [-0.15, -0.1) is 24.0 Å². The highest BCUT2D eigenvalue weighted by molar-refractivity contribution is 14.0. The molecule has 0 bridgehead atoms. The Hall–Kier alpha value is 0.520. The first-order chi connectivity index (χ1) is 0. The van der Waals surface area contributed by atoms with Crippen LogP contribution in [-0.4, -0.2) is 0 Å². The van der Waals surface area contributed by atoms with Crippen molar-refractivity contribution in [3.63, 3.8) is 0 Å². The van der Waals surface area contributed by atoms with Crippen LogP contribution in [0.4, 0.5) is 14.1 Å². The van der Waals surface area contributed by atoms with E-state index in [1.807, 2.05) is 0 Å². The first-order valence-electron chi connectivity index (χ1n) is 0. The van der Waals surface area contributed by atoms with Crippen LogP contribution in [0.2, 0.25) is 0 Å². The molecular weight excluding hydrogens is 196 g/mol. The summed E-state index contributed by atoms with van der Waals surface area (Å²) in [6, 6.07) is 0. The number of hydrogen-bond acceptors (Lipinski definition) is 0. The van der Waals surface area contributed by atoms with Gasteiger partial charge < -0.3 is 0 Å². The minimum absolute atomic E-state index is 0. The summed E-state index contributed by atoms with van der Waals surface area (Å²) in [7, 11) is 0. The molecule has 0 unspecified atom stereocenters. The highest BCUT2D eigenvalue weighted by Crippen LogP contribution is 0.886. The summed E-state index contributed by atoms with van der Waals surface area (Å²) in [5.41, 5.74) is 0. The van der Waals surface area contributed by atoms with E-state index < -0.39 is 0 Å². The van der Waals surface area contributed by atoms with Crippen molar-refractivity contribution in [2.75, 3.05) is 0 Å². The quantitative estimate of drug-likeness (QED) is 0.527. The lowest BCUT2D eigenvalue weighted by atomic mass is 12.0. The van der Waals surface area contributed by atoms with Crippen LogP contribution in [0, 0.1) is 0 Å². The normalized spacial score (nSPS) is 0. The molecule has 5 heavy (non-hydrogen) atoms. The van der Waals surface area contributed by atoms with Gasteiger partial charge in [0.1, 0.15) is 0 Å². The number of hydrogen-bond donors (Lipinski definition) is 0. The Bertz CT molecular complexity index is 6.85. The summed E-state index contributed by atoms with van der Waals surface area (Å²) in [5.74, 6) is 0. The van der Waals surface area contributed by atoms with E-state index in [1.165, 1.54) is 0 Å². The van der Waals surface area contributed by atoms with Gasteiger partial charge in [-0.3, -0.25) is 14.1 Å². The van der Waals surface area contributed by atoms with E-state index in [-0.39, 0.29) is 45.5 Å². The maximum Gasteiger partial charge on any atom is -0.0776 e. The van der Waals surface area contributed by atoms with Crippen LogP contribution in [-0.2, 0) is 0 Å². The maximum absolute atomic E-state index is 0. The molecule has 0 nitrogen and oxygen atoms in total. The van der Waals surface area contributed by atoms with Crippen molar-refractivity contribution in [2.24, 2.45) is 0 Å². The van der Waals surface area contributed by atoms with Gasteiger partial charge in [-0.1, -0.05) is 7.43 Å². The second kappa shape index (κ2) is 207. The van der Waals surface area contributed by atoms with Crippen LogP contribution in [0.1, 0.15) is 7.43 Å². The Morgan fingerprint density at radius 1 is 0.600 bits per heavy atom. The summed E-state index contributed by atoms with van der Waals surface area (Å²) in [6.07, 6.45) is 0. The van der Waals surface area contributed by atoms with Gasteiger partial charge in [0.25, 0.3) is 0 Å². The maximum atomic E-state index is 0. The fourth-order valence-electron chi connectivity index (χ4n) is 0. The zero-order valence-electron chi connectivity index (χ0n) is 1.63. The van der Waals surface area contributed by atoms with Crippen molar-refractivity contribution in [1.82, 2.24) is 0 Å². The molecule has 0 aromatic carbocycles. The fraction of sp³-hybridized carbons (Fsp3) is 1.00. The molecule has 0 saturated carbocycles. The van der Waals surface area contributed by atoms with Gasteiger partial charge in [0.05, 0.1) is 0 Å². The van der Waals surface area contributed by atoms with Gasteiger partial charge in [0, 0.05) is 0 Å². The zero-order chi connectivity index (χ0) is 0. The molecular formula is CH8F3I. The molecule has 0 aliphatic rings. The van der Waals surface area contributed by atoms with Crippen LogP contribution < -0.4 is 0 Å². The predicted octanol–water partition coefficient (Wildman–Crippen LogP) is 1.71. The lowest BCUT2D eigenvalue weighted by molar-refractivity contribution is 1.11. The summed E-state index contributed by atoms with van der Waals surface area (Å²) in [4.78, 5) is 0. The second-order valence-corrected chi connectivity index (χ2v) is 0. The molecule has 0 radical (unpaired) electrons. The topological polar surface area (TPSA) is 0 Å². The first kappa shape index (κ1) is 417. The van der Waals surface area contributed by atoms with Gasteiger partial charge in [-0.25, -0.2) is 0 Å². The average Bonchev–Trinajstić information content (AvgIpc) is 0. The van der Waals surface area contributed by atoms with Gasteiger partial charge in [-0.2, -0.15) is 0 Å². The molecule has 0 aliphatic carbocycles. The molecule has 0 aromatic rings. The molecule has 0 amide bonds. The van der Waals surface area contributed by atoms with Gasteiger partial charge in [-0.05, 0) is 0 Å². The van der Waals surface area contributed by atoms with Crippen LogP contribution in [0.25, 0.3) is 0 Å². The molecule has 0 spiro atoms. The van der Waals surface area contributed by atoms with E-state index in [4.69, 9.17) is 0 Å². The van der Waals surface area contributed by atoms with Gasteiger partial charge in [0.15, 0.2) is 0 Å². The smallest absolute Gasteiger partial charge is 0.0776 e. The third-order valence-corrected chi connectivity index (χ3v) is 0. The zero-order valence-corrected chi connectivity index (χ0v) is 3.96. The molecule has 0 N–H and O–H groups in total. The number of rotatable bonds is 0. The minimum Gasteiger partial charge on any atom is -0.269 e. The van der Waals surface area contributed by atoms with Crippen LogP contribution in [0.15, 0.2) is 0 Å². The standard InChI is InChI=1S/CH4.3FH.HI/h1H4;4*1H. The largest absolute Gasteiger partial charge is 0.269 e. The average molecular weight is 204 g/mol. The lowest BCUT2D eigenvalue weighted by Gasteiger charge is -0.270. The lowest BCUT2D eigenvalue weighted by Crippen LogP contribution is 0.144. The molecule has 0 heterocycles. The Kier molecular flexibility index (Phi) is 17300. The molecule has 0 saturated heterocycles. The minimum atomic E-state index is 0. The molecule has 0 fully saturated rings. The molecule has 0 aromatic heterocycles. The SMILES string of the molecule is C.F.F.F.I. The summed E-state index contributed by atoms with van der Waals surface area (Å²) in [5, 5.41) is 0. The monoisotopic (exact) mass is 204 g/mol. The van der Waals surface area contributed by atoms with Crippen LogP contribution >= 0.6 is 24.0 Å². The Morgan fingerprint density at radius 3 is 0.600 bits per heavy atom. The number of halogens is 4. The van der Waals surface area contributed by atoms with Gasteiger partial charge in [0.2, 0.25) is 0 Å². The highest BCUT2D eigenvalue weighted by Gasteiger charge is -0.0775.